The molecule has 0 aromatic heterocycles. The van der Waals surface area contributed by atoms with Gasteiger partial charge in [-0.25, -0.2) is 4.39 Å². The number of benzene rings is 2. The summed E-state index contributed by atoms with van der Waals surface area (Å²) in [4.78, 5) is 0. The van der Waals surface area contributed by atoms with Crippen LogP contribution in [0.1, 0.15) is 36.5 Å². The van der Waals surface area contributed by atoms with Crippen LogP contribution >= 0.6 is 0 Å². The first-order chi connectivity index (χ1) is 10.1. The van der Waals surface area contributed by atoms with Gasteiger partial charge in [-0.05, 0) is 54.6 Å². The topological polar surface area (TPSA) is 12.0 Å². The third-order valence-corrected chi connectivity index (χ3v) is 3.93. The lowest BCUT2D eigenvalue weighted by atomic mass is 9.96. The molecule has 1 nitrogen and oxygen atoms in total. The van der Waals surface area contributed by atoms with Crippen molar-refractivity contribution in [1.82, 2.24) is 5.32 Å². The van der Waals surface area contributed by atoms with Crippen molar-refractivity contribution < 1.29 is 4.39 Å². The third-order valence-electron chi connectivity index (χ3n) is 3.93. The lowest BCUT2D eigenvalue weighted by Crippen LogP contribution is -2.29. The second kappa shape index (κ2) is 7.37. The largest absolute Gasteiger partial charge is 0.316 e. The first-order valence-electron chi connectivity index (χ1n) is 7.59. The van der Waals surface area contributed by atoms with Crippen molar-refractivity contribution in [3.63, 3.8) is 0 Å². The van der Waals surface area contributed by atoms with Crippen LogP contribution in [0.2, 0.25) is 0 Å². The van der Waals surface area contributed by atoms with Crippen LogP contribution in [-0.4, -0.2) is 13.1 Å². The third kappa shape index (κ3) is 4.68. The van der Waals surface area contributed by atoms with Crippen molar-refractivity contribution in [2.75, 3.05) is 7.05 Å². The Balaban J connectivity index is 1.99. The van der Waals surface area contributed by atoms with Crippen LogP contribution in [-0.2, 0) is 12.8 Å². The molecule has 0 heterocycles. The Bertz CT molecular complexity index is 543. The molecule has 2 rings (SSSR count). The van der Waals surface area contributed by atoms with Gasteiger partial charge in [0.25, 0.3) is 0 Å². The van der Waals surface area contributed by atoms with Crippen molar-refractivity contribution in [1.29, 1.82) is 0 Å². The molecule has 0 amide bonds. The minimum atomic E-state index is -0.177. The maximum Gasteiger partial charge on any atom is 0.123 e. The van der Waals surface area contributed by atoms with Gasteiger partial charge in [-0.1, -0.05) is 50.2 Å². The maximum atomic E-state index is 12.9. The first-order valence-corrected chi connectivity index (χ1v) is 7.59. The van der Waals surface area contributed by atoms with E-state index in [-0.39, 0.29) is 5.82 Å². The fraction of sp³-hybridized carbons (Fsp3) is 0.368. The molecule has 0 saturated heterocycles. The van der Waals surface area contributed by atoms with Crippen molar-refractivity contribution in [3.8, 4) is 0 Å². The van der Waals surface area contributed by atoms with E-state index >= 15 is 0 Å². The fourth-order valence-corrected chi connectivity index (χ4v) is 2.50. The molecular formula is C19H24FN. The van der Waals surface area contributed by atoms with Gasteiger partial charge in [0.15, 0.2) is 0 Å². The molecule has 0 aliphatic carbocycles. The predicted octanol–water partition coefficient (Wildman–Crippen LogP) is 4.32. The van der Waals surface area contributed by atoms with Gasteiger partial charge in [0.05, 0.1) is 0 Å². The molecule has 1 N–H and O–H groups in total. The van der Waals surface area contributed by atoms with Gasteiger partial charge in [-0.3, -0.25) is 0 Å². The zero-order valence-electron chi connectivity index (χ0n) is 13.1. The zero-order valence-corrected chi connectivity index (χ0v) is 13.1. The molecule has 0 bridgehead atoms. The molecule has 0 aliphatic heterocycles. The van der Waals surface area contributed by atoms with Gasteiger partial charge in [0.1, 0.15) is 5.82 Å². The standard InChI is InChI=1S/C19H24FN/c1-14(2)17-8-4-15(5-9-17)12-19(21-3)13-16-6-10-18(20)11-7-16/h4-11,14,19,21H,12-13H2,1-3H3. The summed E-state index contributed by atoms with van der Waals surface area (Å²) in [6, 6.07) is 16.0. The summed E-state index contributed by atoms with van der Waals surface area (Å²) >= 11 is 0. The fourth-order valence-electron chi connectivity index (χ4n) is 2.50. The minimum absolute atomic E-state index is 0.177. The highest BCUT2D eigenvalue weighted by atomic mass is 19.1. The molecule has 112 valence electrons. The van der Waals surface area contributed by atoms with Crippen molar-refractivity contribution in [3.05, 3.63) is 71.0 Å². The summed E-state index contributed by atoms with van der Waals surface area (Å²) in [5, 5.41) is 3.36. The molecule has 2 aromatic rings. The van der Waals surface area contributed by atoms with Crippen molar-refractivity contribution in [2.45, 2.75) is 38.6 Å². The predicted molar refractivity (Wildman–Crippen MR) is 87.2 cm³/mol. The van der Waals surface area contributed by atoms with Crippen LogP contribution in [0.5, 0.6) is 0 Å². The molecule has 0 fully saturated rings. The smallest absolute Gasteiger partial charge is 0.123 e. The van der Waals surface area contributed by atoms with Crippen LogP contribution in [0.4, 0.5) is 4.39 Å². The normalized spacial score (nSPS) is 12.6. The Morgan fingerprint density at radius 3 is 1.76 bits per heavy atom. The Kier molecular flexibility index (Phi) is 5.51. The molecule has 21 heavy (non-hydrogen) atoms. The van der Waals surface area contributed by atoms with Gasteiger partial charge in [-0.2, -0.15) is 0 Å². The monoisotopic (exact) mass is 285 g/mol. The summed E-state index contributed by atoms with van der Waals surface area (Å²) in [6.45, 7) is 4.42. The molecule has 1 atom stereocenters. The summed E-state index contributed by atoms with van der Waals surface area (Å²) in [6.07, 6.45) is 1.88. The Morgan fingerprint density at radius 1 is 0.857 bits per heavy atom. The molecule has 0 aliphatic rings. The lowest BCUT2D eigenvalue weighted by Gasteiger charge is -2.17. The van der Waals surface area contributed by atoms with E-state index in [1.54, 1.807) is 0 Å². The second-order valence-electron chi connectivity index (χ2n) is 5.92. The number of halogens is 1. The maximum absolute atomic E-state index is 12.9. The average Bonchev–Trinajstić information content (AvgIpc) is 2.49. The van der Waals surface area contributed by atoms with E-state index in [9.17, 15) is 4.39 Å². The lowest BCUT2D eigenvalue weighted by molar-refractivity contribution is 0.555. The van der Waals surface area contributed by atoms with Gasteiger partial charge in [0.2, 0.25) is 0 Å². The van der Waals surface area contributed by atoms with E-state index in [1.165, 1.54) is 23.3 Å². The average molecular weight is 285 g/mol. The summed E-state index contributed by atoms with van der Waals surface area (Å²) in [5.74, 6) is 0.391. The van der Waals surface area contributed by atoms with E-state index in [0.29, 0.717) is 12.0 Å². The summed E-state index contributed by atoms with van der Waals surface area (Å²) in [7, 11) is 1.98. The number of hydrogen-bond acceptors (Lipinski definition) is 1. The number of rotatable bonds is 6. The highest BCUT2D eigenvalue weighted by Crippen LogP contribution is 2.16. The summed E-state index contributed by atoms with van der Waals surface area (Å²) in [5.41, 5.74) is 3.87. The van der Waals surface area contributed by atoms with Crippen LogP contribution in [0.15, 0.2) is 48.5 Å². The van der Waals surface area contributed by atoms with Gasteiger partial charge >= 0.3 is 0 Å². The Morgan fingerprint density at radius 2 is 1.33 bits per heavy atom. The quantitative estimate of drug-likeness (QED) is 0.833. The zero-order chi connectivity index (χ0) is 15.2. The number of nitrogens with one attached hydrogen (secondary N) is 1. The summed E-state index contributed by atoms with van der Waals surface area (Å²) < 4.78 is 12.9. The van der Waals surface area contributed by atoms with E-state index < -0.39 is 0 Å². The highest BCUT2D eigenvalue weighted by molar-refractivity contribution is 5.26. The van der Waals surface area contributed by atoms with Crippen molar-refractivity contribution >= 4 is 0 Å². The molecular weight excluding hydrogens is 261 g/mol. The van der Waals surface area contributed by atoms with Crippen LogP contribution < -0.4 is 5.32 Å². The Hall–Kier alpha value is -1.67. The van der Waals surface area contributed by atoms with Gasteiger partial charge in [-0.15, -0.1) is 0 Å². The highest BCUT2D eigenvalue weighted by Gasteiger charge is 2.09. The molecule has 0 radical (unpaired) electrons. The molecule has 0 spiro atoms. The minimum Gasteiger partial charge on any atom is -0.316 e. The van der Waals surface area contributed by atoms with Crippen molar-refractivity contribution in [2.24, 2.45) is 0 Å². The number of hydrogen-bond donors (Lipinski definition) is 1. The molecule has 2 aromatic carbocycles. The van der Waals surface area contributed by atoms with E-state index in [2.05, 4.69) is 43.4 Å². The SMILES string of the molecule is CNC(Cc1ccc(F)cc1)Cc1ccc(C(C)C)cc1. The molecule has 1 unspecified atom stereocenters. The van der Waals surface area contributed by atoms with Gasteiger partial charge < -0.3 is 5.32 Å². The Labute approximate surface area is 127 Å². The second-order valence-corrected chi connectivity index (χ2v) is 5.92. The molecule has 0 saturated carbocycles. The van der Waals surface area contributed by atoms with E-state index in [4.69, 9.17) is 0 Å². The van der Waals surface area contributed by atoms with E-state index in [0.717, 1.165) is 18.4 Å². The van der Waals surface area contributed by atoms with Crippen LogP contribution in [0.3, 0.4) is 0 Å². The van der Waals surface area contributed by atoms with E-state index in [1.807, 2.05) is 19.2 Å². The first kappa shape index (κ1) is 15.7. The number of likely N-dealkylation sites (N-methyl/N-ethyl adjacent to an activating group) is 1. The van der Waals surface area contributed by atoms with Crippen LogP contribution in [0, 0.1) is 5.82 Å². The van der Waals surface area contributed by atoms with Gasteiger partial charge in [0, 0.05) is 6.04 Å². The van der Waals surface area contributed by atoms with Crippen LogP contribution in [0.25, 0.3) is 0 Å². The molecule has 2 heteroatoms.